The number of rotatable bonds is 6. The minimum absolute atomic E-state index is 0.0753. The van der Waals surface area contributed by atoms with Gasteiger partial charge in [0.2, 0.25) is 5.91 Å². The van der Waals surface area contributed by atoms with Gasteiger partial charge in [-0.25, -0.2) is 0 Å². The Hall–Kier alpha value is -3.52. The van der Waals surface area contributed by atoms with Gasteiger partial charge in [-0.15, -0.1) is 0 Å². The second-order valence-corrected chi connectivity index (χ2v) is 9.02. The number of nitrogens with zero attached hydrogens (tertiary/aromatic N) is 2. The van der Waals surface area contributed by atoms with Gasteiger partial charge in [0.05, 0.1) is 24.9 Å². The summed E-state index contributed by atoms with van der Waals surface area (Å²) in [6, 6.07) is 11.5. The van der Waals surface area contributed by atoms with Gasteiger partial charge in [-0.05, 0) is 74.3 Å². The number of ether oxygens (including phenoxy) is 3. The number of hydrogen-bond acceptors (Lipinski definition) is 6. The summed E-state index contributed by atoms with van der Waals surface area (Å²) < 4.78 is 17.6. The van der Waals surface area contributed by atoms with Crippen molar-refractivity contribution in [1.29, 1.82) is 0 Å². The Morgan fingerprint density at radius 1 is 1.24 bits per heavy atom. The van der Waals surface area contributed by atoms with Gasteiger partial charge < -0.3 is 24.4 Å². The molecule has 2 aliphatic rings. The number of nitrogens with one attached hydrogen (secondary N) is 2. The molecule has 0 saturated carbocycles. The number of amides is 1. The molecule has 1 fully saturated rings. The van der Waals surface area contributed by atoms with Crippen molar-refractivity contribution in [2.24, 2.45) is 5.92 Å². The lowest BCUT2D eigenvalue weighted by Crippen LogP contribution is -2.38. The van der Waals surface area contributed by atoms with E-state index in [-0.39, 0.29) is 17.9 Å². The van der Waals surface area contributed by atoms with E-state index in [0.717, 1.165) is 54.1 Å². The first-order chi connectivity index (χ1) is 16.6. The zero-order chi connectivity index (χ0) is 23.5. The summed E-state index contributed by atoms with van der Waals surface area (Å²) in [5.74, 6) is 1.84. The van der Waals surface area contributed by atoms with E-state index >= 15 is 0 Å². The van der Waals surface area contributed by atoms with Crippen LogP contribution in [0.25, 0.3) is 11.1 Å². The predicted molar refractivity (Wildman–Crippen MR) is 129 cm³/mol. The van der Waals surface area contributed by atoms with Crippen molar-refractivity contribution in [3.05, 3.63) is 54.4 Å². The fraction of sp³-hybridized carbons (Fsp3) is 0.385. The van der Waals surface area contributed by atoms with Crippen LogP contribution in [0.5, 0.6) is 17.2 Å². The number of aromatic amines is 1. The first-order valence-corrected chi connectivity index (χ1v) is 11.7. The molecule has 2 aromatic carbocycles. The van der Waals surface area contributed by atoms with Crippen LogP contribution < -0.4 is 19.5 Å². The number of fused-ring (bicyclic) bond motifs is 1. The Morgan fingerprint density at radius 2 is 2.15 bits per heavy atom. The van der Waals surface area contributed by atoms with E-state index in [1.807, 2.05) is 42.6 Å². The monoisotopic (exact) mass is 462 g/mol. The SMILES string of the molecule is COc1ccc2c(c1)CC(C(=O)Nc1ccc(-c3cn[nH]c3)cc1OC1CCCN(C)C1)CO2. The fourth-order valence-electron chi connectivity index (χ4n) is 4.61. The lowest BCUT2D eigenvalue weighted by molar-refractivity contribution is -0.121. The summed E-state index contributed by atoms with van der Waals surface area (Å²) >= 11 is 0. The molecule has 2 atom stereocenters. The molecule has 1 amide bonds. The number of anilines is 1. The molecule has 0 radical (unpaired) electrons. The van der Waals surface area contributed by atoms with Crippen LogP contribution in [-0.4, -0.2) is 61.0 Å². The van der Waals surface area contributed by atoms with Crippen LogP contribution in [0.15, 0.2) is 48.8 Å². The van der Waals surface area contributed by atoms with E-state index in [1.165, 1.54) is 0 Å². The molecule has 0 spiro atoms. The van der Waals surface area contributed by atoms with Crippen molar-refractivity contribution in [3.8, 4) is 28.4 Å². The van der Waals surface area contributed by atoms with Crippen molar-refractivity contribution in [3.63, 3.8) is 0 Å². The van der Waals surface area contributed by atoms with E-state index in [1.54, 1.807) is 13.3 Å². The molecule has 3 heterocycles. The van der Waals surface area contributed by atoms with E-state index in [9.17, 15) is 4.79 Å². The van der Waals surface area contributed by atoms with E-state index in [4.69, 9.17) is 14.2 Å². The third kappa shape index (κ3) is 4.87. The molecular formula is C26H30N4O4. The number of methoxy groups -OCH3 is 1. The molecule has 8 heteroatoms. The van der Waals surface area contributed by atoms with Crippen LogP contribution in [-0.2, 0) is 11.2 Å². The van der Waals surface area contributed by atoms with Crippen LogP contribution in [0.2, 0.25) is 0 Å². The number of aromatic nitrogens is 2. The number of likely N-dealkylation sites (N-methyl/N-ethyl adjacent to an activating group) is 1. The van der Waals surface area contributed by atoms with Gasteiger partial charge in [-0.3, -0.25) is 9.89 Å². The number of carbonyl (C=O) groups excluding carboxylic acids is 1. The number of H-pyrrole nitrogens is 1. The van der Waals surface area contributed by atoms with Crippen molar-refractivity contribution in [2.45, 2.75) is 25.4 Å². The standard InChI is InChI=1S/C26H30N4O4/c1-30-9-3-4-22(15-30)34-25-12-17(20-13-27-28-14-20)5-7-23(25)29-26(31)19-10-18-11-21(32-2)6-8-24(18)33-16-19/h5-8,11-14,19,22H,3-4,9-10,15-16H2,1-2H3,(H,27,28)(H,29,31). The maximum atomic E-state index is 13.2. The molecule has 0 bridgehead atoms. The van der Waals surface area contributed by atoms with Gasteiger partial charge >= 0.3 is 0 Å². The quantitative estimate of drug-likeness (QED) is 0.580. The van der Waals surface area contributed by atoms with Gasteiger partial charge in [0, 0.05) is 18.3 Å². The molecule has 2 unspecified atom stereocenters. The van der Waals surface area contributed by atoms with Crippen LogP contribution in [0, 0.1) is 5.92 Å². The smallest absolute Gasteiger partial charge is 0.231 e. The molecular weight excluding hydrogens is 432 g/mol. The molecule has 5 rings (SSSR count). The van der Waals surface area contributed by atoms with Gasteiger partial charge in [-0.1, -0.05) is 6.07 Å². The minimum Gasteiger partial charge on any atom is -0.497 e. The molecule has 34 heavy (non-hydrogen) atoms. The van der Waals surface area contributed by atoms with Crippen LogP contribution in [0.4, 0.5) is 5.69 Å². The fourth-order valence-corrected chi connectivity index (χ4v) is 4.61. The van der Waals surface area contributed by atoms with Gasteiger partial charge in [0.1, 0.15) is 30.0 Å². The highest BCUT2D eigenvalue weighted by molar-refractivity contribution is 5.95. The Bertz CT molecular complexity index is 1150. The average Bonchev–Trinajstić information content (AvgIpc) is 3.39. The lowest BCUT2D eigenvalue weighted by atomic mass is 9.95. The molecule has 2 aliphatic heterocycles. The first-order valence-electron chi connectivity index (χ1n) is 11.7. The van der Waals surface area contributed by atoms with Crippen molar-refractivity contribution >= 4 is 11.6 Å². The largest absolute Gasteiger partial charge is 0.497 e. The van der Waals surface area contributed by atoms with Crippen molar-refractivity contribution < 1.29 is 19.0 Å². The van der Waals surface area contributed by atoms with Gasteiger partial charge in [0.15, 0.2) is 0 Å². The van der Waals surface area contributed by atoms with Crippen molar-refractivity contribution in [2.75, 3.05) is 39.2 Å². The second kappa shape index (κ2) is 9.77. The molecule has 1 saturated heterocycles. The van der Waals surface area contributed by atoms with E-state index < -0.39 is 0 Å². The highest BCUT2D eigenvalue weighted by atomic mass is 16.5. The van der Waals surface area contributed by atoms with Crippen LogP contribution >= 0.6 is 0 Å². The Morgan fingerprint density at radius 3 is 2.94 bits per heavy atom. The second-order valence-electron chi connectivity index (χ2n) is 9.02. The number of carbonyl (C=O) groups is 1. The Balaban J connectivity index is 1.36. The summed E-state index contributed by atoms with van der Waals surface area (Å²) in [7, 11) is 3.74. The van der Waals surface area contributed by atoms with Crippen molar-refractivity contribution in [1.82, 2.24) is 15.1 Å². The maximum absolute atomic E-state index is 13.2. The third-order valence-electron chi connectivity index (χ3n) is 6.49. The van der Waals surface area contributed by atoms with Gasteiger partial charge in [0.25, 0.3) is 0 Å². The highest BCUT2D eigenvalue weighted by Gasteiger charge is 2.28. The van der Waals surface area contributed by atoms with Crippen LogP contribution in [0.1, 0.15) is 18.4 Å². The van der Waals surface area contributed by atoms with E-state index in [2.05, 4.69) is 27.5 Å². The number of likely N-dealkylation sites (tertiary alicyclic amines) is 1. The maximum Gasteiger partial charge on any atom is 0.231 e. The molecule has 3 aromatic rings. The third-order valence-corrected chi connectivity index (χ3v) is 6.49. The molecule has 0 aliphatic carbocycles. The summed E-state index contributed by atoms with van der Waals surface area (Å²) in [4.78, 5) is 15.5. The van der Waals surface area contributed by atoms with Gasteiger partial charge in [-0.2, -0.15) is 5.10 Å². The summed E-state index contributed by atoms with van der Waals surface area (Å²) in [5, 5.41) is 10.0. The molecule has 8 nitrogen and oxygen atoms in total. The topological polar surface area (TPSA) is 88.7 Å². The zero-order valence-corrected chi connectivity index (χ0v) is 19.5. The molecule has 2 N–H and O–H groups in total. The molecule has 1 aromatic heterocycles. The summed E-state index contributed by atoms with van der Waals surface area (Å²) in [5.41, 5.74) is 3.59. The van der Waals surface area contributed by atoms with E-state index in [0.29, 0.717) is 24.5 Å². The Kier molecular flexibility index (Phi) is 6.40. The minimum atomic E-state index is -0.304. The summed E-state index contributed by atoms with van der Waals surface area (Å²) in [6.45, 7) is 2.27. The average molecular weight is 463 g/mol. The number of piperidine rings is 1. The normalized spacial score (nSPS) is 20.2. The first kappa shape index (κ1) is 22.3. The van der Waals surface area contributed by atoms with Crippen LogP contribution in [0.3, 0.4) is 0 Å². The highest BCUT2D eigenvalue weighted by Crippen LogP contribution is 2.35. The summed E-state index contributed by atoms with van der Waals surface area (Å²) in [6.07, 6.45) is 6.37. The lowest BCUT2D eigenvalue weighted by Gasteiger charge is -2.31. The zero-order valence-electron chi connectivity index (χ0n) is 19.5. The predicted octanol–water partition coefficient (Wildman–Crippen LogP) is 3.75. The number of benzene rings is 2. The Labute approximate surface area is 199 Å². The number of hydrogen-bond donors (Lipinski definition) is 2. The molecule has 178 valence electrons.